The number of hydrogen-bond donors (Lipinski definition) is 2. The summed E-state index contributed by atoms with van der Waals surface area (Å²) in [6.07, 6.45) is 2.87. The molecule has 31 heavy (non-hydrogen) atoms. The van der Waals surface area contributed by atoms with Crippen molar-refractivity contribution in [2.45, 2.75) is 33.7 Å². The predicted molar refractivity (Wildman–Crippen MR) is 136 cm³/mol. The summed E-state index contributed by atoms with van der Waals surface area (Å²) in [5, 5.41) is 6.52. The molecule has 1 aromatic heterocycles. The van der Waals surface area contributed by atoms with Crippen LogP contribution in [-0.4, -0.2) is 44.4 Å². The molecule has 0 aliphatic rings. The van der Waals surface area contributed by atoms with E-state index in [0.717, 1.165) is 24.6 Å². The highest BCUT2D eigenvalue weighted by Gasteiger charge is 2.06. The van der Waals surface area contributed by atoms with Crippen molar-refractivity contribution in [3.05, 3.63) is 48.2 Å². The normalized spacial score (nSPS) is 11.1. The first-order valence-electron chi connectivity index (χ1n) is 10.5. The van der Waals surface area contributed by atoms with E-state index in [1.807, 2.05) is 43.3 Å². The average molecular weight is 542 g/mol. The third kappa shape index (κ3) is 10.7. The van der Waals surface area contributed by atoms with Crippen molar-refractivity contribution < 1.29 is 14.2 Å². The summed E-state index contributed by atoms with van der Waals surface area (Å²) in [6, 6.07) is 11.4. The number of hydrogen-bond acceptors (Lipinski definition) is 5. The first-order valence-corrected chi connectivity index (χ1v) is 10.5. The molecule has 0 amide bonds. The first kappa shape index (κ1) is 27.0. The van der Waals surface area contributed by atoms with Crippen LogP contribution >= 0.6 is 24.0 Å². The van der Waals surface area contributed by atoms with Crippen LogP contribution < -0.4 is 20.1 Å². The molecule has 2 N–H and O–H groups in total. The van der Waals surface area contributed by atoms with E-state index in [1.165, 1.54) is 0 Å². The fourth-order valence-corrected chi connectivity index (χ4v) is 2.57. The molecule has 0 unspecified atom stereocenters. The van der Waals surface area contributed by atoms with E-state index in [2.05, 4.69) is 34.5 Å². The molecule has 0 saturated heterocycles. The van der Waals surface area contributed by atoms with Gasteiger partial charge in [-0.2, -0.15) is 0 Å². The molecule has 2 aromatic rings. The summed E-state index contributed by atoms with van der Waals surface area (Å²) >= 11 is 0. The lowest BCUT2D eigenvalue weighted by Gasteiger charge is -2.13. The Morgan fingerprint density at radius 1 is 1.06 bits per heavy atom. The van der Waals surface area contributed by atoms with E-state index >= 15 is 0 Å². The Bertz CT molecular complexity index is 770. The molecule has 2 rings (SSSR count). The summed E-state index contributed by atoms with van der Waals surface area (Å²) in [6.45, 7) is 9.68. The number of nitrogens with one attached hydrogen (secondary N) is 2. The molecule has 0 atom stereocenters. The lowest BCUT2D eigenvalue weighted by atomic mass is 10.1. The van der Waals surface area contributed by atoms with Crippen LogP contribution in [0.1, 0.15) is 32.8 Å². The van der Waals surface area contributed by atoms with Crippen LogP contribution in [0.2, 0.25) is 0 Å². The van der Waals surface area contributed by atoms with Crippen molar-refractivity contribution in [1.29, 1.82) is 0 Å². The smallest absolute Gasteiger partial charge is 0.219 e. The van der Waals surface area contributed by atoms with Gasteiger partial charge in [0.1, 0.15) is 0 Å². The molecule has 0 bridgehead atoms. The second kappa shape index (κ2) is 15.7. The van der Waals surface area contributed by atoms with Crippen LogP contribution in [0, 0.1) is 5.92 Å². The molecule has 1 aromatic carbocycles. The fourth-order valence-electron chi connectivity index (χ4n) is 2.57. The van der Waals surface area contributed by atoms with Crippen molar-refractivity contribution in [3.8, 4) is 17.4 Å². The van der Waals surface area contributed by atoms with Crippen LogP contribution in [0.4, 0.5) is 0 Å². The predicted octanol–water partition coefficient (Wildman–Crippen LogP) is 4.62. The van der Waals surface area contributed by atoms with Gasteiger partial charge in [0.05, 0.1) is 13.2 Å². The second-order valence-electron chi connectivity index (χ2n) is 7.13. The zero-order chi connectivity index (χ0) is 21.6. The maximum atomic E-state index is 5.86. The van der Waals surface area contributed by atoms with Gasteiger partial charge in [0, 0.05) is 39.0 Å². The summed E-state index contributed by atoms with van der Waals surface area (Å²) < 4.78 is 17.0. The molecule has 7 nitrogen and oxygen atoms in total. The topological polar surface area (TPSA) is 77.0 Å². The molecule has 0 aliphatic heterocycles. The van der Waals surface area contributed by atoms with Crippen LogP contribution in [-0.2, 0) is 11.3 Å². The maximum absolute atomic E-state index is 5.86. The lowest BCUT2D eigenvalue weighted by molar-refractivity contribution is 0.128. The van der Waals surface area contributed by atoms with Crippen molar-refractivity contribution in [1.82, 2.24) is 15.6 Å². The number of nitrogens with zero attached hydrogens (tertiary/aromatic N) is 2. The molecule has 0 saturated carbocycles. The third-order valence-electron chi connectivity index (χ3n) is 4.22. The first-order chi connectivity index (χ1) is 14.6. The standard InChI is InChI=1S/C23H34N4O3.HI/c1-5-29-20-8-6-7-9-21(20)30-22-11-10-19(16-26-22)17-27-23(24-4)25-13-15-28-14-12-18(2)3;/h6-11,16,18H,5,12-15,17H2,1-4H3,(H2,24,25,27);1H. The molecule has 172 valence electrons. The molecule has 8 heteroatoms. The Hall–Kier alpha value is -2.07. The Kier molecular flexibility index (Phi) is 13.6. The molecule has 0 fully saturated rings. The van der Waals surface area contributed by atoms with Crippen LogP contribution in [0.25, 0.3) is 0 Å². The molecular weight excluding hydrogens is 507 g/mol. The quantitative estimate of drug-likeness (QED) is 0.177. The van der Waals surface area contributed by atoms with Crippen LogP contribution in [0.5, 0.6) is 17.4 Å². The summed E-state index contributed by atoms with van der Waals surface area (Å²) in [5.74, 6) is 3.27. The van der Waals surface area contributed by atoms with Crippen molar-refractivity contribution in [2.75, 3.05) is 33.4 Å². The van der Waals surface area contributed by atoms with Crippen LogP contribution in [0.15, 0.2) is 47.6 Å². The molecule has 1 heterocycles. The second-order valence-corrected chi connectivity index (χ2v) is 7.13. The van der Waals surface area contributed by atoms with Gasteiger partial charge in [0.15, 0.2) is 17.5 Å². The number of ether oxygens (including phenoxy) is 3. The van der Waals surface area contributed by atoms with E-state index in [-0.39, 0.29) is 24.0 Å². The third-order valence-corrected chi connectivity index (χ3v) is 4.22. The summed E-state index contributed by atoms with van der Waals surface area (Å²) in [4.78, 5) is 8.62. The van der Waals surface area contributed by atoms with Gasteiger partial charge in [0.2, 0.25) is 5.88 Å². The highest BCUT2D eigenvalue weighted by molar-refractivity contribution is 14.0. The molecule has 0 aliphatic carbocycles. The van der Waals surface area contributed by atoms with Gasteiger partial charge < -0.3 is 24.8 Å². The Morgan fingerprint density at radius 3 is 2.48 bits per heavy atom. The number of pyridine rings is 1. The monoisotopic (exact) mass is 542 g/mol. The number of halogens is 1. The van der Waals surface area contributed by atoms with E-state index in [4.69, 9.17) is 14.2 Å². The number of aliphatic imine (C=N–C) groups is 1. The van der Waals surface area contributed by atoms with Gasteiger partial charge in [-0.25, -0.2) is 4.98 Å². The number of para-hydroxylation sites is 2. The van der Waals surface area contributed by atoms with Gasteiger partial charge in [-0.05, 0) is 37.0 Å². The minimum absolute atomic E-state index is 0. The number of aromatic nitrogens is 1. The van der Waals surface area contributed by atoms with Gasteiger partial charge in [-0.15, -0.1) is 24.0 Å². The SMILES string of the molecule is CCOc1ccccc1Oc1ccc(CNC(=NC)NCCOCCC(C)C)cn1.I. The number of rotatable bonds is 12. The van der Waals surface area contributed by atoms with E-state index in [9.17, 15) is 0 Å². The molecular formula is C23H35IN4O3. The maximum Gasteiger partial charge on any atom is 0.219 e. The minimum Gasteiger partial charge on any atom is -0.490 e. The zero-order valence-corrected chi connectivity index (χ0v) is 21.2. The van der Waals surface area contributed by atoms with E-state index < -0.39 is 0 Å². The van der Waals surface area contributed by atoms with Crippen molar-refractivity contribution >= 4 is 29.9 Å². The molecule has 0 spiro atoms. The zero-order valence-electron chi connectivity index (χ0n) is 18.9. The number of guanidine groups is 1. The van der Waals surface area contributed by atoms with E-state index in [1.54, 1.807) is 13.2 Å². The Labute approximate surface area is 203 Å². The average Bonchev–Trinajstić information content (AvgIpc) is 2.75. The highest BCUT2D eigenvalue weighted by Crippen LogP contribution is 2.30. The highest BCUT2D eigenvalue weighted by atomic mass is 127. The minimum atomic E-state index is 0. The Balaban J connectivity index is 0.00000480. The number of benzene rings is 1. The van der Waals surface area contributed by atoms with Gasteiger partial charge >= 0.3 is 0 Å². The summed E-state index contributed by atoms with van der Waals surface area (Å²) in [7, 11) is 1.75. The van der Waals surface area contributed by atoms with Gasteiger partial charge in [-0.1, -0.05) is 32.0 Å². The van der Waals surface area contributed by atoms with Gasteiger partial charge in [-0.3, -0.25) is 4.99 Å². The Morgan fingerprint density at radius 2 is 1.84 bits per heavy atom. The lowest BCUT2D eigenvalue weighted by Crippen LogP contribution is -2.38. The molecule has 0 radical (unpaired) electrons. The largest absolute Gasteiger partial charge is 0.490 e. The van der Waals surface area contributed by atoms with Crippen LogP contribution in [0.3, 0.4) is 0 Å². The summed E-state index contributed by atoms with van der Waals surface area (Å²) in [5.41, 5.74) is 1.02. The van der Waals surface area contributed by atoms with Gasteiger partial charge in [0.25, 0.3) is 0 Å². The van der Waals surface area contributed by atoms with Crippen molar-refractivity contribution in [3.63, 3.8) is 0 Å². The fraction of sp³-hybridized carbons (Fsp3) is 0.478. The van der Waals surface area contributed by atoms with E-state index in [0.29, 0.717) is 49.6 Å². The van der Waals surface area contributed by atoms with Crippen molar-refractivity contribution in [2.24, 2.45) is 10.9 Å².